The first kappa shape index (κ1) is 18.7. The number of nitrogens with zero attached hydrogens (tertiary/aromatic N) is 3. The van der Waals surface area contributed by atoms with Crippen molar-refractivity contribution in [1.82, 2.24) is 14.7 Å². The summed E-state index contributed by atoms with van der Waals surface area (Å²) in [5.41, 5.74) is 0. The number of likely N-dealkylation sites (tertiary alicyclic amines) is 1. The first-order chi connectivity index (χ1) is 11.1. The highest BCUT2D eigenvalue weighted by atomic mass is 16.2. The van der Waals surface area contributed by atoms with Crippen molar-refractivity contribution in [2.45, 2.75) is 77.8 Å². The van der Waals surface area contributed by atoms with Gasteiger partial charge in [-0.25, -0.2) is 0 Å². The highest BCUT2D eigenvalue weighted by molar-refractivity contribution is 5.76. The number of carbonyl (C=O) groups is 1. The fourth-order valence-electron chi connectivity index (χ4n) is 3.96. The standard InChI is InChI=1S/C19H37N3O/c1-4-5-6-7-8-19(23)22-11-9-18(10-12-22)21-15-13-20(14-16-21)17(2)3/h17-18H,4-16H2,1-3H3. The summed E-state index contributed by atoms with van der Waals surface area (Å²) in [7, 11) is 0. The molecule has 0 spiro atoms. The summed E-state index contributed by atoms with van der Waals surface area (Å²) in [4.78, 5) is 19.6. The van der Waals surface area contributed by atoms with Crippen molar-refractivity contribution in [3.63, 3.8) is 0 Å². The van der Waals surface area contributed by atoms with Crippen LogP contribution in [0.5, 0.6) is 0 Å². The Kier molecular flexibility index (Phi) is 7.84. The van der Waals surface area contributed by atoms with Crippen LogP contribution >= 0.6 is 0 Å². The van der Waals surface area contributed by atoms with Gasteiger partial charge in [0.2, 0.25) is 5.91 Å². The van der Waals surface area contributed by atoms with Gasteiger partial charge in [-0.3, -0.25) is 14.6 Å². The Morgan fingerprint density at radius 3 is 2.17 bits per heavy atom. The van der Waals surface area contributed by atoms with Crippen molar-refractivity contribution in [1.29, 1.82) is 0 Å². The molecular formula is C19H37N3O. The summed E-state index contributed by atoms with van der Waals surface area (Å²) >= 11 is 0. The van der Waals surface area contributed by atoms with E-state index in [1.165, 1.54) is 58.3 Å². The lowest BCUT2D eigenvalue weighted by molar-refractivity contribution is -0.133. The molecular weight excluding hydrogens is 286 g/mol. The molecule has 134 valence electrons. The van der Waals surface area contributed by atoms with Gasteiger partial charge in [0.25, 0.3) is 0 Å². The molecule has 0 N–H and O–H groups in total. The average Bonchev–Trinajstić information content (AvgIpc) is 2.59. The van der Waals surface area contributed by atoms with E-state index in [2.05, 4.69) is 35.5 Å². The lowest BCUT2D eigenvalue weighted by Crippen LogP contribution is -2.54. The van der Waals surface area contributed by atoms with Gasteiger partial charge in [0, 0.05) is 57.8 Å². The van der Waals surface area contributed by atoms with Crippen LogP contribution in [0, 0.1) is 0 Å². The Morgan fingerprint density at radius 1 is 0.957 bits per heavy atom. The average molecular weight is 324 g/mol. The Labute approximate surface area is 143 Å². The quantitative estimate of drug-likeness (QED) is 0.674. The third kappa shape index (κ3) is 5.75. The van der Waals surface area contributed by atoms with Crippen LogP contribution in [0.4, 0.5) is 0 Å². The second-order valence-corrected chi connectivity index (χ2v) is 7.59. The van der Waals surface area contributed by atoms with Crippen molar-refractivity contribution < 1.29 is 4.79 Å². The van der Waals surface area contributed by atoms with Gasteiger partial charge in [0.1, 0.15) is 0 Å². The van der Waals surface area contributed by atoms with Crippen LogP contribution in [0.2, 0.25) is 0 Å². The molecule has 2 fully saturated rings. The molecule has 2 rings (SSSR count). The lowest BCUT2D eigenvalue weighted by Gasteiger charge is -2.43. The highest BCUT2D eigenvalue weighted by Gasteiger charge is 2.29. The molecule has 0 bridgehead atoms. The van der Waals surface area contributed by atoms with Gasteiger partial charge >= 0.3 is 0 Å². The monoisotopic (exact) mass is 323 g/mol. The minimum absolute atomic E-state index is 0.393. The maximum atomic E-state index is 12.3. The van der Waals surface area contributed by atoms with Crippen molar-refractivity contribution in [3.05, 3.63) is 0 Å². The van der Waals surface area contributed by atoms with Gasteiger partial charge in [-0.15, -0.1) is 0 Å². The molecule has 2 saturated heterocycles. The first-order valence-electron chi connectivity index (χ1n) is 9.87. The molecule has 2 aliphatic heterocycles. The van der Waals surface area contributed by atoms with Gasteiger partial charge in [0.05, 0.1) is 0 Å². The second kappa shape index (κ2) is 9.63. The number of unbranched alkanes of at least 4 members (excludes halogenated alkanes) is 3. The van der Waals surface area contributed by atoms with E-state index in [0.29, 0.717) is 18.0 Å². The van der Waals surface area contributed by atoms with E-state index < -0.39 is 0 Å². The Balaban J connectivity index is 1.65. The number of rotatable bonds is 7. The summed E-state index contributed by atoms with van der Waals surface area (Å²) in [6.07, 6.45) is 7.88. The summed E-state index contributed by atoms with van der Waals surface area (Å²) in [6, 6.07) is 1.37. The topological polar surface area (TPSA) is 26.8 Å². The third-order valence-corrected chi connectivity index (χ3v) is 5.66. The largest absolute Gasteiger partial charge is 0.343 e. The summed E-state index contributed by atoms with van der Waals surface area (Å²) in [5.74, 6) is 0.393. The normalized spacial score (nSPS) is 22.0. The van der Waals surface area contributed by atoms with E-state index in [-0.39, 0.29) is 0 Å². The van der Waals surface area contributed by atoms with Gasteiger partial charge in [-0.2, -0.15) is 0 Å². The molecule has 2 heterocycles. The fraction of sp³-hybridized carbons (Fsp3) is 0.947. The Hall–Kier alpha value is -0.610. The molecule has 2 aliphatic rings. The minimum atomic E-state index is 0.393. The van der Waals surface area contributed by atoms with Crippen LogP contribution in [0.3, 0.4) is 0 Å². The Bertz CT molecular complexity index is 343. The fourth-order valence-corrected chi connectivity index (χ4v) is 3.96. The van der Waals surface area contributed by atoms with Gasteiger partial charge < -0.3 is 4.90 Å². The van der Waals surface area contributed by atoms with Crippen molar-refractivity contribution in [2.24, 2.45) is 0 Å². The summed E-state index contributed by atoms with van der Waals surface area (Å²) < 4.78 is 0. The first-order valence-corrected chi connectivity index (χ1v) is 9.87. The predicted octanol–water partition coefficient (Wildman–Crippen LogP) is 2.97. The maximum Gasteiger partial charge on any atom is 0.222 e. The summed E-state index contributed by atoms with van der Waals surface area (Å²) in [5, 5.41) is 0. The number of hydrogen-bond donors (Lipinski definition) is 0. The molecule has 0 radical (unpaired) electrons. The molecule has 0 aromatic heterocycles. The number of amides is 1. The highest BCUT2D eigenvalue weighted by Crippen LogP contribution is 2.20. The molecule has 23 heavy (non-hydrogen) atoms. The maximum absolute atomic E-state index is 12.3. The number of hydrogen-bond acceptors (Lipinski definition) is 3. The number of carbonyl (C=O) groups excluding carboxylic acids is 1. The van der Waals surface area contributed by atoms with Crippen molar-refractivity contribution in [3.8, 4) is 0 Å². The smallest absolute Gasteiger partial charge is 0.222 e. The number of piperidine rings is 1. The van der Waals surface area contributed by atoms with E-state index in [9.17, 15) is 4.79 Å². The van der Waals surface area contributed by atoms with E-state index in [0.717, 1.165) is 25.9 Å². The lowest BCUT2D eigenvalue weighted by atomic mass is 10.0. The van der Waals surface area contributed by atoms with Gasteiger partial charge in [-0.1, -0.05) is 26.2 Å². The second-order valence-electron chi connectivity index (χ2n) is 7.59. The van der Waals surface area contributed by atoms with Crippen LogP contribution in [0.25, 0.3) is 0 Å². The van der Waals surface area contributed by atoms with E-state index >= 15 is 0 Å². The van der Waals surface area contributed by atoms with E-state index in [1.807, 2.05) is 0 Å². The molecule has 0 saturated carbocycles. The zero-order valence-electron chi connectivity index (χ0n) is 15.6. The molecule has 0 aliphatic carbocycles. The molecule has 1 amide bonds. The molecule has 0 unspecified atom stereocenters. The van der Waals surface area contributed by atoms with Crippen LogP contribution in [-0.4, -0.2) is 72.0 Å². The SMILES string of the molecule is CCCCCCC(=O)N1CCC(N2CCN(C(C)C)CC2)CC1. The van der Waals surface area contributed by atoms with Gasteiger partial charge in [0.15, 0.2) is 0 Å². The van der Waals surface area contributed by atoms with Gasteiger partial charge in [-0.05, 0) is 33.1 Å². The zero-order chi connectivity index (χ0) is 16.7. The predicted molar refractivity (Wildman–Crippen MR) is 96.6 cm³/mol. The zero-order valence-corrected chi connectivity index (χ0v) is 15.6. The Morgan fingerprint density at radius 2 is 1.61 bits per heavy atom. The molecule has 0 aromatic carbocycles. The third-order valence-electron chi connectivity index (χ3n) is 5.66. The minimum Gasteiger partial charge on any atom is -0.343 e. The van der Waals surface area contributed by atoms with Crippen LogP contribution < -0.4 is 0 Å². The van der Waals surface area contributed by atoms with Crippen LogP contribution in [-0.2, 0) is 4.79 Å². The molecule has 4 nitrogen and oxygen atoms in total. The molecule has 0 atom stereocenters. The van der Waals surface area contributed by atoms with Crippen molar-refractivity contribution >= 4 is 5.91 Å². The van der Waals surface area contributed by atoms with Crippen molar-refractivity contribution in [2.75, 3.05) is 39.3 Å². The molecule has 4 heteroatoms. The molecule has 0 aromatic rings. The van der Waals surface area contributed by atoms with Crippen LogP contribution in [0.1, 0.15) is 65.7 Å². The van der Waals surface area contributed by atoms with E-state index in [4.69, 9.17) is 0 Å². The van der Waals surface area contributed by atoms with Crippen LogP contribution in [0.15, 0.2) is 0 Å². The summed E-state index contributed by atoms with van der Waals surface area (Å²) in [6.45, 7) is 13.6. The van der Waals surface area contributed by atoms with E-state index in [1.54, 1.807) is 0 Å². The number of piperazine rings is 1.